The van der Waals surface area contributed by atoms with E-state index in [2.05, 4.69) is 20.4 Å². The van der Waals surface area contributed by atoms with Crippen LogP contribution in [0.3, 0.4) is 0 Å². The number of hydrogen-bond acceptors (Lipinski definition) is 13. The number of nitrogens with zero attached hydrogens (tertiary/aromatic N) is 4. The highest BCUT2D eigenvalue weighted by Gasteiger charge is 2.54. The fourth-order valence-corrected chi connectivity index (χ4v) is 7.48. The van der Waals surface area contributed by atoms with Crippen molar-refractivity contribution < 1.29 is 24.7 Å². The number of pyridine rings is 1. The number of aliphatic carboxylic acids is 1. The third-order valence-electron chi connectivity index (χ3n) is 5.11. The highest BCUT2D eigenvalue weighted by atomic mass is 32.2. The molecule has 0 aromatic carbocycles. The van der Waals surface area contributed by atoms with Crippen LogP contribution in [0.1, 0.15) is 11.3 Å². The van der Waals surface area contributed by atoms with E-state index in [4.69, 9.17) is 11.5 Å². The number of hydrogen-bond donors (Lipinski definition) is 5. The average Bonchev–Trinajstić information content (AvgIpc) is 3.29. The van der Waals surface area contributed by atoms with Crippen LogP contribution >= 0.6 is 46.6 Å². The van der Waals surface area contributed by atoms with Gasteiger partial charge in [-0.2, -0.15) is 11.8 Å². The summed E-state index contributed by atoms with van der Waals surface area (Å²) in [5, 5.41) is 25.8. The largest absolute Gasteiger partial charge is 0.477 e. The maximum absolute atomic E-state index is 13.0. The number of thioether (sulfide) groups is 3. The van der Waals surface area contributed by atoms with Crippen LogP contribution in [0.25, 0.3) is 0 Å². The number of carbonyl (C=O) groups is 3. The molecule has 2 aliphatic rings. The van der Waals surface area contributed by atoms with Gasteiger partial charge < -0.3 is 27.1 Å². The zero-order chi connectivity index (χ0) is 25.8. The molecule has 16 heteroatoms. The number of nitrogens with one attached hydrogen (secondary N) is 1. The van der Waals surface area contributed by atoms with Gasteiger partial charge in [0.2, 0.25) is 0 Å². The van der Waals surface area contributed by atoms with Crippen LogP contribution in [-0.4, -0.2) is 78.1 Å². The first kappa shape index (κ1) is 26.3. The Balaban J connectivity index is 1.51. The van der Waals surface area contributed by atoms with Crippen molar-refractivity contribution in [1.82, 2.24) is 20.2 Å². The summed E-state index contributed by atoms with van der Waals surface area (Å²) >= 11 is 5.35. The van der Waals surface area contributed by atoms with E-state index in [9.17, 15) is 24.7 Å². The van der Waals surface area contributed by atoms with Gasteiger partial charge in [0.1, 0.15) is 22.8 Å². The normalized spacial score (nSPS) is 19.6. The minimum absolute atomic E-state index is 0.0695. The van der Waals surface area contributed by atoms with Crippen molar-refractivity contribution in [3.8, 4) is 0 Å². The fourth-order valence-electron chi connectivity index (χ4n) is 3.51. The molecule has 4 heterocycles. The molecule has 0 unspecified atom stereocenters. The number of anilines is 1. The Bertz CT molecular complexity index is 1250. The number of thiazole rings is 1. The molecule has 0 bridgehead atoms. The lowest BCUT2D eigenvalue weighted by molar-refractivity contribution is -0.150. The van der Waals surface area contributed by atoms with E-state index in [-0.39, 0.29) is 16.5 Å². The molecular formula is C20H21N7O5S4. The maximum atomic E-state index is 13.0. The molecule has 12 nitrogen and oxygen atoms in total. The van der Waals surface area contributed by atoms with Crippen molar-refractivity contribution in [3.63, 3.8) is 0 Å². The van der Waals surface area contributed by atoms with Crippen LogP contribution in [0.5, 0.6) is 0 Å². The van der Waals surface area contributed by atoms with Crippen molar-refractivity contribution >= 4 is 75.2 Å². The van der Waals surface area contributed by atoms with E-state index >= 15 is 0 Å². The Morgan fingerprint density at radius 3 is 2.86 bits per heavy atom. The zero-order valence-electron chi connectivity index (χ0n) is 18.5. The Hall–Kier alpha value is -2.79. The van der Waals surface area contributed by atoms with Crippen LogP contribution in [0.15, 0.2) is 44.5 Å². The van der Waals surface area contributed by atoms with Crippen molar-refractivity contribution in [1.29, 1.82) is 0 Å². The lowest BCUT2D eigenvalue weighted by Gasteiger charge is -2.49. The number of β-lactam (4-membered cyclic amide) rings is 1. The smallest absolute Gasteiger partial charge is 0.353 e. The summed E-state index contributed by atoms with van der Waals surface area (Å²) in [6.07, 6.45) is 3.37. The van der Waals surface area contributed by atoms with Gasteiger partial charge in [0.25, 0.3) is 11.8 Å². The standard InChI is InChI=1S/C20H21N7O5S4/c21-2-4-33-6-9-5-23-3-1-11(9)36-12-8-34-18-14(17(29)27(18)15(12)19(30)31)25-16(28)13(26-32)10-7-35-20(22)24-10/h1,3,5,7,14,18,32H,2,4,6,8,21H2,(H2,22,24)(H,25,28)(H,30,31)/b26-13-/t14-,18+/m1/s1. The molecule has 36 heavy (non-hydrogen) atoms. The first-order valence-corrected chi connectivity index (χ1v) is 14.3. The molecular weight excluding hydrogens is 547 g/mol. The van der Waals surface area contributed by atoms with Crippen LogP contribution in [0, 0.1) is 0 Å². The summed E-state index contributed by atoms with van der Waals surface area (Å²) in [5.41, 5.74) is 11.7. The number of rotatable bonds is 10. The Morgan fingerprint density at radius 1 is 1.39 bits per heavy atom. The van der Waals surface area contributed by atoms with Gasteiger partial charge in [-0.25, -0.2) is 9.78 Å². The van der Waals surface area contributed by atoms with E-state index in [0.717, 1.165) is 27.5 Å². The quantitative estimate of drug-likeness (QED) is 0.0898. The molecule has 0 radical (unpaired) electrons. The van der Waals surface area contributed by atoms with Crippen molar-refractivity contribution in [2.24, 2.45) is 10.9 Å². The minimum atomic E-state index is -1.23. The second-order valence-electron chi connectivity index (χ2n) is 7.38. The number of amides is 2. The third-order valence-corrected chi connectivity index (χ3v) is 9.49. The molecule has 2 aromatic rings. The van der Waals surface area contributed by atoms with Gasteiger partial charge >= 0.3 is 5.97 Å². The van der Waals surface area contributed by atoms with Gasteiger partial charge in [0.15, 0.2) is 10.8 Å². The summed E-state index contributed by atoms with van der Waals surface area (Å²) in [5.74, 6) is -0.834. The topological polar surface area (TPSA) is 197 Å². The molecule has 2 atom stereocenters. The number of carbonyl (C=O) groups excluding carboxylic acids is 2. The number of nitrogens with two attached hydrogens (primary N) is 2. The molecule has 2 aromatic heterocycles. The SMILES string of the molecule is NCCSCc1cnccc1SC1=C(C(=O)O)N2C(=O)[C@@H](NC(=O)/C(=N\O)c3csc(N)n3)[C@@H]2SC1. The number of fused-ring (bicyclic) bond motifs is 1. The average molecular weight is 568 g/mol. The summed E-state index contributed by atoms with van der Waals surface area (Å²) in [6.45, 7) is 0.554. The number of carboxylic acid groups (broad SMARTS) is 1. The predicted octanol–water partition coefficient (Wildman–Crippen LogP) is 0.979. The van der Waals surface area contributed by atoms with Gasteiger partial charge in [-0.1, -0.05) is 16.9 Å². The van der Waals surface area contributed by atoms with Crippen LogP contribution in [-0.2, 0) is 20.1 Å². The molecule has 0 aliphatic carbocycles. The molecule has 1 fully saturated rings. The summed E-state index contributed by atoms with van der Waals surface area (Å²) in [6, 6.07) is 0.828. The molecule has 2 aliphatic heterocycles. The molecule has 1 saturated heterocycles. The lowest BCUT2D eigenvalue weighted by atomic mass is 10.0. The third kappa shape index (κ3) is 5.31. The van der Waals surface area contributed by atoms with E-state index < -0.39 is 34.9 Å². The van der Waals surface area contributed by atoms with E-state index in [1.807, 2.05) is 6.07 Å². The van der Waals surface area contributed by atoms with Crippen LogP contribution in [0.4, 0.5) is 5.13 Å². The number of nitrogen functional groups attached to an aromatic ring is 1. The Kier molecular flexibility index (Phi) is 8.40. The van der Waals surface area contributed by atoms with Crippen molar-refractivity contribution in [2.75, 3.05) is 23.8 Å². The molecule has 2 amide bonds. The molecule has 190 valence electrons. The monoisotopic (exact) mass is 567 g/mol. The summed E-state index contributed by atoms with van der Waals surface area (Å²) < 4.78 is 0. The molecule has 4 rings (SSSR count). The molecule has 7 N–H and O–H groups in total. The van der Waals surface area contributed by atoms with Crippen LogP contribution in [0.2, 0.25) is 0 Å². The maximum Gasteiger partial charge on any atom is 0.353 e. The number of oxime groups is 1. The Labute approximate surface area is 222 Å². The number of aromatic nitrogens is 2. The van der Waals surface area contributed by atoms with Gasteiger partial charge in [-0.15, -0.1) is 23.1 Å². The second kappa shape index (κ2) is 11.5. The van der Waals surface area contributed by atoms with E-state index in [0.29, 0.717) is 23.0 Å². The second-order valence-corrected chi connectivity index (χ2v) is 11.6. The number of carboxylic acids is 1. The molecule has 0 saturated carbocycles. The van der Waals surface area contributed by atoms with Gasteiger partial charge in [-0.05, 0) is 11.6 Å². The van der Waals surface area contributed by atoms with Crippen LogP contribution < -0.4 is 16.8 Å². The van der Waals surface area contributed by atoms with Gasteiger partial charge in [0, 0.05) is 51.4 Å². The van der Waals surface area contributed by atoms with Crippen molar-refractivity contribution in [3.05, 3.63) is 45.7 Å². The minimum Gasteiger partial charge on any atom is -0.477 e. The zero-order valence-corrected chi connectivity index (χ0v) is 21.8. The lowest BCUT2D eigenvalue weighted by Crippen LogP contribution is -2.71. The summed E-state index contributed by atoms with van der Waals surface area (Å²) in [4.78, 5) is 48.5. The van der Waals surface area contributed by atoms with E-state index in [1.165, 1.54) is 33.8 Å². The fraction of sp³-hybridized carbons (Fsp3) is 0.300. The van der Waals surface area contributed by atoms with Gasteiger partial charge in [0.05, 0.1) is 0 Å². The van der Waals surface area contributed by atoms with E-state index in [1.54, 1.807) is 24.2 Å². The predicted molar refractivity (Wildman–Crippen MR) is 140 cm³/mol. The van der Waals surface area contributed by atoms with Gasteiger partial charge in [-0.3, -0.25) is 19.5 Å². The first-order valence-electron chi connectivity index (χ1n) is 10.4. The molecule has 0 spiro atoms. The first-order chi connectivity index (χ1) is 17.3. The highest BCUT2D eigenvalue weighted by Crippen LogP contribution is 2.45. The highest BCUT2D eigenvalue weighted by molar-refractivity contribution is 8.06. The Morgan fingerprint density at radius 2 is 2.19 bits per heavy atom. The van der Waals surface area contributed by atoms with Crippen molar-refractivity contribution in [2.45, 2.75) is 22.1 Å². The summed E-state index contributed by atoms with van der Waals surface area (Å²) in [7, 11) is 0.